The molecule has 0 atom stereocenters. The number of carbonyl (C=O) groups excluding carboxylic acids is 2. The summed E-state index contributed by atoms with van der Waals surface area (Å²) in [6, 6.07) is 8.91. The molecule has 2 amide bonds. The van der Waals surface area contributed by atoms with Gasteiger partial charge in [0, 0.05) is 5.39 Å². The lowest BCUT2D eigenvalue weighted by Crippen LogP contribution is -2.20. The fraction of sp³-hybridized carbons (Fsp3) is 0. The van der Waals surface area contributed by atoms with Crippen LogP contribution in [0.5, 0.6) is 0 Å². The minimum absolute atomic E-state index is 0.357. The molecule has 1 heterocycles. The van der Waals surface area contributed by atoms with Gasteiger partial charge in [-0.05, 0) is 11.5 Å². The predicted molar refractivity (Wildman–Crippen MR) is 63.6 cm³/mol. The van der Waals surface area contributed by atoms with Crippen molar-refractivity contribution >= 4 is 28.3 Å². The average Bonchev–Trinajstić information content (AvgIpc) is 2.64. The number of hydrazine groups is 1. The number of nitrogens with one attached hydrogen (secondary N) is 2. The Bertz CT molecular complexity index is 664. The van der Waals surface area contributed by atoms with Crippen LogP contribution in [0.4, 0.5) is 5.69 Å². The van der Waals surface area contributed by atoms with E-state index in [4.69, 9.17) is 5.84 Å². The molecule has 4 N–H and O–H groups in total. The van der Waals surface area contributed by atoms with E-state index < -0.39 is 0 Å². The Hall–Kier alpha value is -2.40. The largest absolute Gasteiger partial charge is 0.323 e. The number of nitrogen functional groups attached to an aromatic ring is 1. The molecule has 0 saturated carbocycles. The molecule has 1 aliphatic heterocycles. The Morgan fingerprint density at radius 2 is 1.76 bits per heavy atom. The second-order valence-corrected chi connectivity index (χ2v) is 3.82. The first kappa shape index (κ1) is 9.80. The molecule has 5 heteroatoms. The highest BCUT2D eigenvalue weighted by Gasteiger charge is 2.29. The molecule has 2 aromatic carbocycles. The molecule has 0 radical (unpaired) electrons. The van der Waals surface area contributed by atoms with Gasteiger partial charge in [-0.25, -0.2) is 0 Å². The first-order valence-corrected chi connectivity index (χ1v) is 5.10. The van der Waals surface area contributed by atoms with Crippen LogP contribution in [0.2, 0.25) is 0 Å². The number of fused-ring (bicyclic) bond motifs is 3. The Morgan fingerprint density at radius 1 is 1.06 bits per heavy atom. The third kappa shape index (κ3) is 1.23. The van der Waals surface area contributed by atoms with Gasteiger partial charge in [-0.15, -0.1) is 0 Å². The van der Waals surface area contributed by atoms with Crippen molar-refractivity contribution in [2.75, 3.05) is 5.43 Å². The quantitative estimate of drug-likeness (QED) is 0.385. The second kappa shape index (κ2) is 3.29. The fourth-order valence-electron chi connectivity index (χ4n) is 2.15. The molecule has 0 saturated heterocycles. The van der Waals surface area contributed by atoms with E-state index >= 15 is 0 Å². The lowest BCUT2D eigenvalue weighted by Gasteiger charge is -2.08. The number of amides is 2. The number of hydrogen-bond donors (Lipinski definition) is 3. The molecule has 17 heavy (non-hydrogen) atoms. The van der Waals surface area contributed by atoms with Crippen LogP contribution in [0.1, 0.15) is 20.7 Å². The maximum Gasteiger partial charge on any atom is 0.259 e. The summed E-state index contributed by atoms with van der Waals surface area (Å²) in [4.78, 5) is 23.3. The Morgan fingerprint density at radius 3 is 2.47 bits per heavy atom. The number of imide groups is 1. The van der Waals surface area contributed by atoms with E-state index in [2.05, 4.69) is 10.7 Å². The van der Waals surface area contributed by atoms with Crippen LogP contribution >= 0.6 is 0 Å². The monoisotopic (exact) mass is 227 g/mol. The van der Waals surface area contributed by atoms with E-state index in [9.17, 15) is 9.59 Å². The first-order valence-electron chi connectivity index (χ1n) is 5.10. The molecule has 2 aromatic rings. The molecule has 5 nitrogen and oxygen atoms in total. The summed E-state index contributed by atoms with van der Waals surface area (Å²) in [5.41, 5.74) is 3.96. The molecular weight excluding hydrogens is 218 g/mol. The number of anilines is 1. The van der Waals surface area contributed by atoms with Gasteiger partial charge in [0.2, 0.25) is 0 Å². The molecule has 0 bridgehead atoms. The SMILES string of the molecule is NNc1cc2c(c3ccccc13)C(=O)NC2=O. The van der Waals surface area contributed by atoms with E-state index in [1.54, 1.807) is 12.1 Å². The van der Waals surface area contributed by atoms with Crippen molar-refractivity contribution < 1.29 is 9.59 Å². The summed E-state index contributed by atoms with van der Waals surface area (Å²) < 4.78 is 0. The van der Waals surface area contributed by atoms with E-state index in [1.807, 2.05) is 18.2 Å². The average molecular weight is 227 g/mol. The standard InChI is InChI=1S/C12H9N3O2/c13-15-9-5-8-10(12(17)14-11(8)16)7-4-2-1-3-6(7)9/h1-5,15H,13H2,(H,14,16,17). The Balaban J connectivity index is 2.49. The number of hydrogen-bond acceptors (Lipinski definition) is 4. The smallest absolute Gasteiger partial charge is 0.259 e. The van der Waals surface area contributed by atoms with Crippen molar-refractivity contribution in [3.63, 3.8) is 0 Å². The van der Waals surface area contributed by atoms with Crippen LogP contribution < -0.4 is 16.6 Å². The summed E-state index contributed by atoms with van der Waals surface area (Å²) in [7, 11) is 0. The van der Waals surface area contributed by atoms with Gasteiger partial charge in [0.1, 0.15) is 0 Å². The van der Waals surface area contributed by atoms with E-state index in [-0.39, 0.29) is 11.8 Å². The predicted octanol–water partition coefficient (Wildman–Crippen LogP) is 1.01. The van der Waals surface area contributed by atoms with Crippen LogP contribution in [0.3, 0.4) is 0 Å². The van der Waals surface area contributed by atoms with Gasteiger partial charge < -0.3 is 5.43 Å². The third-order valence-corrected chi connectivity index (χ3v) is 2.90. The molecule has 3 rings (SSSR count). The number of carbonyl (C=O) groups is 2. The summed E-state index contributed by atoms with van der Waals surface area (Å²) in [6.45, 7) is 0. The van der Waals surface area contributed by atoms with Gasteiger partial charge >= 0.3 is 0 Å². The zero-order valence-electron chi connectivity index (χ0n) is 8.78. The highest BCUT2D eigenvalue weighted by atomic mass is 16.2. The molecule has 0 aromatic heterocycles. The molecule has 0 unspecified atom stereocenters. The number of nitrogens with two attached hydrogens (primary N) is 1. The molecule has 0 spiro atoms. The Labute approximate surface area is 96.6 Å². The topological polar surface area (TPSA) is 84.2 Å². The van der Waals surface area contributed by atoms with E-state index in [0.717, 1.165) is 10.8 Å². The highest BCUT2D eigenvalue weighted by Crippen LogP contribution is 2.31. The number of benzene rings is 2. The van der Waals surface area contributed by atoms with Gasteiger partial charge in [-0.1, -0.05) is 24.3 Å². The van der Waals surface area contributed by atoms with Crippen LogP contribution in [-0.2, 0) is 0 Å². The van der Waals surface area contributed by atoms with Crippen molar-refractivity contribution in [3.8, 4) is 0 Å². The van der Waals surface area contributed by atoms with Crippen LogP contribution in [0, 0.1) is 0 Å². The third-order valence-electron chi connectivity index (χ3n) is 2.90. The van der Waals surface area contributed by atoms with E-state index in [0.29, 0.717) is 16.8 Å². The molecular formula is C12H9N3O2. The van der Waals surface area contributed by atoms with Crippen LogP contribution in [-0.4, -0.2) is 11.8 Å². The number of rotatable bonds is 1. The summed E-state index contributed by atoms with van der Waals surface area (Å²) >= 11 is 0. The lowest BCUT2D eigenvalue weighted by molar-refractivity contribution is 0.0880. The molecule has 0 aliphatic carbocycles. The zero-order valence-corrected chi connectivity index (χ0v) is 8.78. The molecule has 1 aliphatic rings. The lowest BCUT2D eigenvalue weighted by atomic mass is 9.99. The minimum Gasteiger partial charge on any atom is -0.323 e. The van der Waals surface area contributed by atoms with Crippen molar-refractivity contribution in [2.24, 2.45) is 5.84 Å². The van der Waals surface area contributed by atoms with Gasteiger partial charge in [-0.3, -0.25) is 20.7 Å². The maximum atomic E-state index is 11.7. The summed E-state index contributed by atoms with van der Waals surface area (Å²) in [5.74, 6) is 4.68. The van der Waals surface area contributed by atoms with Gasteiger partial charge in [0.05, 0.1) is 16.8 Å². The normalized spacial score (nSPS) is 13.7. The molecule has 84 valence electrons. The summed E-state index contributed by atoms with van der Waals surface area (Å²) in [6.07, 6.45) is 0. The van der Waals surface area contributed by atoms with Crippen LogP contribution in [0.15, 0.2) is 30.3 Å². The van der Waals surface area contributed by atoms with E-state index in [1.165, 1.54) is 0 Å². The Kier molecular flexibility index (Phi) is 1.90. The fourth-order valence-corrected chi connectivity index (χ4v) is 2.15. The van der Waals surface area contributed by atoms with Crippen molar-refractivity contribution in [2.45, 2.75) is 0 Å². The minimum atomic E-state index is -0.382. The second-order valence-electron chi connectivity index (χ2n) is 3.82. The van der Waals surface area contributed by atoms with Gasteiger partial charge in [0.15, 0.2) is 0 Å². The zero-order chi connectivity index (χ0) is 12.0. The van der Waals surface area contributed by atoms with Gasteiger partial charge in [-0.2, -0.15) is 0 Å². The summed E-state index contributed by atoms with van der Waals surface area (Å²) in [5, 5.41) is 3.82. The van der Waals surface area contributed by atoms with Gasteiger partial charge in [0.25, 0.3) is 11.8 Å². The highest BCUT2D eigenvalue weighted by molar-refractivity contribution is 6.27. The first-order chi connectivity index (χ1) is 8.22. The van der Waals surface area contributed by atoms with Crippen LogP contribution in [0.25, 0.3) is 10.8 Å². The molecule has 0 fully saturated rings. The van der Waals surface area contributed by atoms with Crippen molar-refractivity contribution in [3.05, 3.63) is 41.5 Å². The van der Waals surface area contributed by atoms with Crippen molar-refractivity contribution in [1.82, 2.24) is 5.32 Å². The van der Waals surface area contributed by atoms with Crippen molar-refractivity contribution in [1.29, 1.82) is 0 Å². The maximum absolute atomic E-state index is 11.7.